The first-order valence-corrected chi connectivity index (χ1v) is 11.7. The minimum atomic E-state index is -3.36. The average Bonchev–Trinajstić information content (AvgIpc) is 3.55. The summed E-state index contributed by atoms with van der Waals surface area (Å²) < 4.78 is 52.2. The molecule has 3 atom stereocenters. The number of nitrogens with zero attached hydrogens (tertiary/aromatic N) is 2. The van der Waals surface area contributed by atoms with Crippen LogP contribution in [0.25, 0.3) is 5.57 Å². The topological polar surface area (TPSA) is 89.0 Å². The lowest BCUT2D eigenvalue weighted by molar-refractivity contribution is -0.111. The minimum absolute atomic E-state index is 0.00354. The van der Waals surface area contributed by atoms with Gasteiger partial charge in [-0.2, -0.15) is 0 Å². The van der Waals surface area contributed by atoms with Gasteiger partial charge in [0.25, 0.3) is 5.91 Å². The summed E-state index contributed by atoms with van der Waals surface area (Å²) in [5.41, 5.74) is 1.37. The van der Waals surface area contributed by atoms with Gasteiger partial charge in [-0.1, -0.05) is 18.2 Å². The SMILES string of the molecule is Cc1cnc(NC(=O)/C(=C/C2C[C@@H](F)[C@@H](F)C2)c2ccc(S(=O)(=O)C3CC3)cc2)cn1. The summed E-state index contributed by atoms with van der Waals surface area (Å²) in [5, 5.41) is 2.32. The Balaban J connectivity index is 1.63. The van der Waals surface area contributed by atoms with Gasteiger partial charge in [-0.25, -0.2) is 22.2 Å². The van der Waals surface area contributed by atoms with Gasteiger partial charge in [-0.05, 0) is 56.2 Å². The number of aryl methyl sites for hydroxylation is 1. The second-order valence-corrected chi connectivity index (χ2v) is 10.3. The summed E-state index contributed by atoms with van der Waals surface area (Å²) in [4.78, 5) is 21.4. The number of halogens is 2. The van der Waals surface area contributed by atoms with Crippen LogP contribution in [0.15, 0.2) is 47.6 Å². The van der Waals surface area contributed by atoms with Crippen molar-refractivity contribution >= 4 is 27.1 Å². The van der Waals surface area contributed by atoms with Crippen LogP contribution in [0.1, 0.15) is 36.9 Å². The lowest BCUT2D eigenvalue weighted by atomic mass is 9.98. The van der Waals surface area contributed by atoms with E-state index < -0.39 is 34.0 Å². The van der Waals surface area contributed by atoms with Gasteiger partial charge < -0.3 is 5.32 Å². The quantitative estimate of drug-likeness (QED) is 0.680. The molecule has 2 aliphatic carbocycles. The number of allylic oxidation sites excluding steroid dienone is 1. The molecule has 0 bridgehead atoms. The number of anilines is 1. The van der Waals surface area contributed by atoms with Crippen LogP contribution >= 0.6 is 0 Å². The number of carbonyl (C=O) groups is 1. The number of amides is 1. The van der Waals surface area contributed by atoms with Crippen LogP contribution in [0, 0.1) is 12.8 Å². The fourth-order valence-electron chi connectivity index (χ4n) is 3.68. The first-order valence-electron chi connectivity index (χ1n) is 10.2. The van der Waals surface area contributed by atoms with E-state index in [4.69, 9.17) is 0 Å². The van der Waals surface area contributed by atoms with E-state index in [1.807, 2.05) is 0 Å². The third-order valence-corrected chi connectivity index (χ3v) is 7.85. The predicted octanol–water partition coefficient (Wildman–Crippen LogP) is 3.83. The molecule has 2 fully saturated rings. The maximum absolute atomic E-state index is 13.7. The maximum atomic E-state index is 13.7. The maximum Gasteiger partial charge on any atom is 0.257 e. The van der Waals surface area contributed by atoms with Crippen molar-refractivity contribution in [2.75, 3.05) is 5.32 Å². The van der Waals surface area contributed by atoms with Crippen molar-refractivity contribution in [3.05, 3.63) is 54.0 Å². The number of hydrogen-bond acceptors (Lipinski definition) is 5. The molecule has 2 aliphatic rings. The molecule has 9 heteroatoms. The molecule has 1 N–H and O–H groups in total. The van der Waals surface area contributed by atoms with Crippen molar-refractivity contribution in [3.63, 3.8) is 0 Å². The molecule has 1 aromatic carbocycles. The van der Waals surface area contributed by atoms with Crippen molar-refractivity contribution in [2.24, 2.45) is 5.92 Å². The van der Waals surface area contributed by atoms with Gasteiger partial charge in [0.15, 0.2) is 15.7 Å². The van der Waals surface area contributed by atoms with Gasteiger partial charge in [0.05, 0.1) is 28.2 Å². The largest absolute Gasteiger partial charge is 0.305 e. The van der Waals surface area contributed by atoms with Crippen molar-refractivity contribution in [3.8, 4) is 0 Å². The number of sulfone groups is 1. The van der Waals surface area contributed by atoms with Crippen molar-refractivity contribution in [2.45, 2.75) is 55.1 Å². The Hall–Kier alpha value is -2.68. The fraction of sp³-hybridized carbons (Fsp3) is 0.409. The van der Waals surface area contributed by atoms with Gasteiger partial charge in [-0.3, -0.25) is 9.78 Å². The first-order chi connectivity index (χ1) is 14.7. The van der Waals surface area contributed by atoms with Crippen LogP contribution in [-0.2, 0) is 14.6 Å². The number of rotatable bonds is 6. The summed E-state index contributed by atoms with van der Waals surface area (Å²) >= 11 is 0. The lowest BCUT2D eigenvalue weighted by Gasteiger charge is -2.12. The molecule has 1 heterocycles. The number of aromatic nitrogens is 2. The van der Waals surface area contributed by atoms with Crippen LogP contribution in [0.4, 0.5) is 14.6 Å². The second kappa shape index (κ2) is 8.45. The fourth-order valence-corrected chi connectivity index (χ4v) is 5.34. The molecule has 4 rings (SSSR count). The van der Waals surface area contributed by atoms with E-state index in [1.165, 1.54) is 24.5 Å². The highest BCUT2D eigenvalue weighted by Gasteiger charge is 2.37. The molecule has 0 saturated heterocycles. The van der Waals surface area contributed by atoms with Crippen LogP contribution < -0.4 is 5.32 Å². The first kappa shape index (κ1) is 21.5. The van der Waals surface area contributed by atoms with Gasteiger partial charge >= 0.3 is 0 Å². The standard InChI is InChI=1S/C22H23F2N3O3S/c1-13-11-26-21(12-25-13)27-22(28)18(8-14-9-19(23)20(24)10-14)15-2-4-16(5-3-15)31(29,30)17-6-7-17/h2-5,8,11-12,14,17,19-20H,6-7,9-10H2,1H3,(H,26,27,28)/b18-8+/t14?,19-,20+. The number of alkyl halides is 2. The zero-order valence-corrected chi connectivity index (χ0v) is 17.8. The van der Waals surface area contributed by atoms with Crippen LogP contribution in [0.2, 0.25) is 0 Å². The van der Waals surface area contributed by atoms with Crippen LogP contribution in [0.3, 0.4) is 0 Å². The van der Waals surface area contributed by atoms with Crippen molar-refractivity contribution in [1.82, 2.24) is 9.97 Å². The molecule has 0 radical (unpaired) electrons. The van der Waals surface area contributed by atoms with Crippen molar-refractivity contribution < 1.29 is 22.0 Å². The molecule has 2 saturated carbocycles. The Labute approximate surface area is 179 Å². The Kier molecular flexibility index (Phi) is 5.88. The molecule has 1 amide bonds. The molecule has 164 valence electrons. The normalized spacial score (nSPS) is 24.2. The molecule has 2 aromatic rings. The number of carbonyl (C=O) groups excluding carboxylic acids is 1. The zero-order chi connectivity index (χ0) is 22.2. The van der Waals surface area contributed by atoms with Gasteiger partial charge in [-0.15, -0.1) is 0 Å². The Bertz CT molecular complexity index is 1090. The Morgan fingerprint density at radius 1 is 1.06 bits per heavy atom. The second-order valence-electron chi connectivity index (χ2n) is 8.11. The highest BCUT2D eigenvalue weighted by molar-refractivity contribution is 7.92. The van der Waals surface area contributed by atoms with E-state index >= 15 is 0 Å². The van der Waals surface area contributed by atoms with E-state index in [-0.39, 0.29) is 34.4 Å². The van der Waals surface area contributed by atoms with E-state index in [2.05, 4.69) is 15.3 Å². The van der Waals surface area contributed by atoms with E-state index in [0.29, 0.717) is 24.1 Å². The predicted molar refractivity (Wildman–Crippen MR) is 113 cm³/mol. The van der Waals surface area contributed by atoms with Gasteiger partial charge in [0, 0.05) is 5.57 Å². The summed E-state index contributed by atoms with van der Waals surface area (Å²) in [6, 6.07) is 6.05. The minimum Gasteiger partial charge on any atom is -0.305 e. The molecule has 1 aromatic heterocycles. The lowest BCUT2D eigenvalue weighted by Crippen LogP contribution is -2.16. The molecular formula is C22H23F2N3O3S. The smallest absolute Gasteiger partial charge is 0.257 e. The van der Waals surface area contributed by atoms with E-state index in [1.54, 1.807) is 25.1 Å². The summed E-state index contributed by atoms with van der Waals surface area (Å²) in [7, 11) is -3.36. The molecular weight excluding hydrogens is 424 g/mol. The Morgan fingerprint density at radius 2 is 1.71 bits per heavy atom. The highest BCUT2D eigenvalue weighted by atomic mass is 32.2. The van der Waals surface area contributed by atoms with Gasteiger partial charge in [0.2, 0.25) is 0 Å². The third-order valence-electron chi connectivity index (χ3n) is 5.57. The van der Waals surface area contributed by atoms with Crippen molar-refractivity contribution in [1.29, 1.82) is 0 Å². The number of hydrogen-bond donors (Lipinski definition) is 1. The highest BCUT2D eigenvalue weighted by Crippen LogP contribution is 2.36. The molecule has 31 heavy (non-hydrogen) atoms. The molecule has 6 nitrogen and oxygen atoms in total. The molecule has 0 spiro atoms. The summed E-state index contributed by atoms with van der Waals surface area (Å²) in [5.74, 6) is -0.703. The summed E-state index contributed by atoms with van der Waals surface area (Å²) in [6.45, 7) is 1.77. The zero-order valence-electron chi connectivity index (χ0n) is 17.0. The Morgan fingerprint density at radius 3 is 2.26 bits per heavy atom. The monoisotopic (exact) mass is 447 g/mol. The third kappa shape index (κ3) is 4.81. The van der Waals surface area contributed by atoms with Crippen LogP contribution in [-0.4, -0.2) is 41.9 Å². The average molecular weight is 448 g/mol. The van der Waals surface area contributed by atoms with Gasteiger partial charge in [0.1, 0.15) is 12.3 Å². The molecule has 0 aliphatic heterocycles. The van der Waals surface area contributed by atoms with E-state index in [9.17, 15) is 22.0 Å². The number of benzene rings is 1. The van der Waals surface area contributed by atoms with E-state index in [0.717, 1.165) is 0 Å². The number of nitrogens with one attached hydrogen (secondary N) is 1. The van der Waals surface area contributed by atoms with Crippen LogP contribution in [0.5, 0.6) is 0 Å². The molecule has 1 unspecified atom stereocenters. The summed E-state index contributed by atoms with van der Waals surface area (Å²) in [6.07, 6.45) is 2.69.